The van der Waals surface area contributed by atoms with Gasteiger partial charge in [0.25, 0.3) is 0 Å². The Morgan fingerprint density at radius 3 is 2.19 bits per heavy atom. The molecule has 0 amide bonds. The molecule has 3 aliphatic rings. The van der Waals surface area contributed by atoms with Crippen molar-refractivity contribution in [2.24, 2.45) is 15.9 Å². The average molecular weight is 675 g/mol. The highest BCUT2D eigenvalue weighted by molar-refractivity contribution is 6.16. The SMILES string of the molecule is CC1C=C(n2c3ccccc3c3ccccc32)c2c(oc3cc(C4=NC(C5=CCCC=C5)NC(c5ccc6c(c5)oc5ccccc56)=N4)ccc23)C1. The second kappa shape index (κ2) is 11.3. The third-order valence-corrected chi connectivity index (χ3v) is 10.8. The summed E-state index contributed by atoms with van der Waals surface area (Å²) in [6.45, 7) is 2.27. The maximum absolute atomic E-state index is 6.77. The van der Waals surface area contributed by atoms with E-state index in [4.69, 9.17) is 18.8 Å². The van der Waals surface area contributed by atoms with Crippen LogP contribution in [0.15, 0.2) is 158 Å². The van der Waals surface area contributed by atoms with Gasteiger partial charge in [0.1, 0.15) is 34.5 Å². The number of amidine groups is 2. The normalized spacial score (nSPS) is 18.8. The topological polar surface area (TPSA) is 68.0 Å². The third-order valence-electron chi connectivity index (χ3n) is 10.8. The van der Waals surface area contributed by atoms with Gasteiger partial charge in [-0.15, -0.1) is 0 Å². The quantitative estimate of drug-likeness (QED) is 0.202. The van der Waals surface area contributed by atoms with Crippen molar-refractivity contribution in [3.05, 3.63) is 162 Å². The molecular weight excluding hydrogens is 641 g/mol. The lowest BCUT2D eigenvalue weighted by Gasteiger charge is -2.25. The van der Waals surface area contributed by atoms with Crippen molar-refractivity contribution in [3.8, 4) is 0 Å². The van der Waals surface area contributed by atoms with Crippen LogP contribution in [0.4, 0.5) is 0 Å². The van der Waals surface area contributed by atoms with E-state index >= 15 is 0 Å². The number of allylic oxidation sites excluding steroid dienone is 3. The summed E-state index contributed by atoms with van der Waals surface area (Å²) in [7, 11) is 0. The van der Waals surface area contributed by atoms with E-state index in [0.29, 0.717) is 11.8 Å². The average Bonchev–Trinajstić information content (AvgIpc) is 3.86. The number of furan rings is 2. The molecule has 52 heavy (non-hydrogen) atoms. The Kier molecular flexibility index (Phi) is 6.38. The van der Waals surface area contributed by atoms with Gasteiger partial charge in [0, 0.05) is 50.0 Å². The lowest BCUT2D eigenvalue weighted by atomic mass is 9.92. The van der Waals surface area contributed by atoms with E-state index in [1.165, 1.54) is 27.5 Å². The van der Waals surface area contributed by atoms with Gasteiger partial charge in [0.15, 0.2) is 5.84 Å². The van der Waals surface area contributed by atoms with Crippen LogP contribution in [-0.4, -0.2) is 22.4 Å². The van der Waals surface area contributed by atoms with Crippen LogP contribution < -0.4 is 5.32 Å². The molecule has 5 aromatic carbocycles. The van der Waals surface area contributed by atoms with Crippen molar-refractivity contribution >= 4 is 72.1 Å². The van der Waals surface area contributed by atoms with Crippen LogP contribution in [0.1, 0.15) is 42.2 Å². The molecule has 1 N–H and O–H groups in total. The minimum Gasteiger partial charge on any atom is -0.460 e. The second-order valence-corrected chi connectivity index (χ2v) is 14.2. The van der Waals surface area contributed by atoms with Crippen LogP contribution in [-0.2, 0) is 6.42 Å². The fourth-order valence-corrected chi connectivity index (χ4v) is 8.39. The fraction of sp³-hybridized carbons (Fsp3) is 0.130. The minimum atomic E-state index is -0.267. The number of aliphatic imine (C=N–C) groups is 2. The molecule has 0 fully saturated rings. The van der Waals surface area contributed by atoms with Gasteiger partial charge in [-0.25, -0.2) is 9.98 Å². The molecule has 4 heterocycles. The number of nitrogens with one attached hydrogen (secondary N) is 1. The monoisotopic (exact) mass is 674 g/mol. The lowest BCUT2D eigenvalue weighted by Crippen LogP contribution is -2.40. The predicted molar refractivity (Wildman–Crippen MR) is 212 cm³/mol. The summed E-state index contributed by atoms with van der Waals surface area (Å²) in [5.74, 6) is 2.78. The largest absolute Gasteiger partial charge is 0.460 e. The molecule has 8 aromatic rings. The molecule has 2 unspecified atom stereocenters. The minimum absolute atomic E-state index is 0.267. The van der Waals surface area contributed by atoms with Crippen molar-refractivity contribution in [2.75, 3.05) is 0 Å². The first-order valence-electron chi connectivity index (χ1n) is 18.1. The first kappa shape index (κ1) is 29.3. The Labute approximate surface area is 299 Å². The van der Waals surface area contributed by atoms with Gasteiger partial charge in [0.05, 0.1) is 16.7 Å². The Morgan fingerprint density at radius 2 is 1.38 bits per heavy atom. The van der Waals surface area contributed by atoms with E-state index in [1.54, 1.807) is 0 Å². The van der Waals surface area contributed by atoms with Crippen LogP contribution in [0.2, 0.25) is 0 Å². The zero-order valence-corrected chi connectivity index (χ0v) is 28.6. The zero-order valence-electron chi connectivity index (χ0n) is 28.6. The highest BCUT2D eigenvalue weighted by Gasteiger charge is 2.29. The maximum atomic E-state index is 6.77. The first-order chi connectivity index (χ1) is 25.7. The van der Waals surface area contributed by atoms with Crippen molar-refractivity contribution in [2.45, 2.75) is 32.4 Å². The zero-order chi connectivity index (χ0) is 34.3. The lowest BCUT2D eigenvalue weighted by molar-refractivity contribution is 0.511. The summed E-state index contributed by atoms with van der Waals surface area (Å²) < 4.78 is 15.5. The van der Waals surface area contributed by atoms with Crippen molar-refractivity contribution in [3.63, 3.8) is 0 Å². The number of rotatable bonds is 4. The number of fused-ring (bicyclic) bond motifs is 9. The molecule has 3 aromatic heterocycles. The summed E-state index contributed by atoms with van der Waals surface area (Å²) in [5.41, 5.74) is 10.3. The third kappa shape index (κ3) is 4.50. The van der Waals surface area contributed by atoms with Crippen LogP contribution >= 0.6 is 0 Å². The van der Waals surface area contributed by atoms with Crippen molar-refractivity contribution in [1.82, 2.24) is 9.88 Å². The molecule has 0 saturated heterocycles. The smallest absolute Gasteiger partial charge is 0.159 e. The predicted octanol–water partition coefficient (Wildman–Crippen LogP) is 10.9. The first-order valence-corrected chi connectivity index (χ1v) is 18.1. The van der Waals surface area contributed by atoms with Crippen LogP contribution in [0, 0.1) is 5.92 Å². The van der Waals surface area contributed by atoms with Gasteiger partial charge < -0.3 is 18.7 Å². The van der Waals surface area contributed by atoms with E-state index in [-0.39, 0.29) is 6.17 Å². The van der Waals surface area contributed by atoms with Crippen molar-refractivity contribution in [1.29, 1.82) is 0 Å². The Morgan fingerprint density at radius 1 is 0.692 bits per heavy atom. The van der Waals surface area contributed by atoms with Gasteiger partial charge in [-0.05, 0) is 66.8 Å². The molecule has 11 rings (SSSR count). The number of benzene rings is 5. The second-order valence-electron chi connectivity index (χ2n) is 14.2. The Balaban J connectivity index is 1.04. The number of hydrogen-bond donors (Lipinski definition) is 1. The van der Waals surface area contributed by atoms with Gasteiger partial charge >= 0.3 is 0 Å². The summed E-state index contributed by atoms with van der Waals surface area (Å²) >= 11 is 0. The molecular formula is C46H34N4O2. The molecule has 0 bridgehead atoms. The van der Waals surface area contributed by atoms with Crippen LogP contribution in [0.5, 0.6) is 0 Å². The van der Waals surface area contributed by atoms with E-state index < -0.39 is 0 Å². The van der Waals surface area contributed by atoms with E-state index in [2.05, 4.69) is 132 Å². The molecule has 6 heteroatoms. The van der Waals surface area contributed by atoms with E-state index in [0.717, 1.165) is 86.0 Å². The highest BCUT2D eigenvalue weighted by atomic mass is 16.3. The number of aromatic nitrogens is 1. The highest BCUT2D eigenvalue weighted by Crippen LogP contribution is 2.42. The summed E-state index contributed by atoms with van der Waals surface area (Å²) in [6, 6.07) is 38.3. The van der Waals surface area contributed by atoms with E-state index in [9.17, 15) is 0 Å². The molecule has 250 valence electrons. The summed E-state index contributed by atoms with van der Waals surface area (Å²) in [4.78, 5) is 10.3. The molecule has 6 nitrogen and oxygen atoms in total. The van der Waals surface area contributed by atoms with Gasteiger partial charge in [0.2, 0.25) is 0 Å². The van der Waals surface area contributed by atoms with Gasteiger partial charge in [-0.2, -0.15) is 0 Å². The van der Waals surface area contributed by atoms with Crippen molar-refractivity contribution < 1.29 is 8.83 Å². The molecule has 1 aliphatic heterocycles. The number of para-hydroxylation sites is 3. The van der Waals surface area contributed by atoms with E-state index in [1.807, 2.05) is 18.2 Å². The van der Waals surface area contributed by atoms with Gasteiger partial charge in [-0.1, -0.05) is 98.0 Å². The number of hydrogen-bond acceptors (Lipinski definition) is 5. The van der Waals surface area contributed by atoms with Crippen LogP contribution in [0.3, 0.4) is 0 Å². The fourth-order valence-electron chi connectivity index (χ4n) is 8.39. The Bertz CT molecular complexity index is 2890. The molecule has 2 aliphatic carbocycles. The molecule has 0 saturated carbocycles. The number of nitrogens with zero attached hydrogens (tertiary/aromatic N) is 3. The summed E-state index contributed by atoms with van der Waals surface area (Å²) in [6.07, 6.45) is 11.7. The van der Waals surface area contributed by atoms with Crippen LogP contribution in [0.25, 0.3) is 60.4 Å². The summed E-state index contributed by atoms with van der Waals surface area (Å²) in [5, 5.41) is 9.45. The molecule has 0 spiro atoms. The van der Waals surface area contributed by atoms with Gasteiger partial charge in [-0.3, -0.25) is 0 Å². The maximum Gasteiger partial charge on any atom is 0.159 e. The Hall–Kier alpha value is -6.40. The molecule has 0 radical (unpaired) electrons. The standard InChI is InChI=1S/C46H34N4O2/c1-27-23-38(50-36-16-8-5-13-31(36)32-14-6-9-17-37(32)50)43-35-22-20-30(26-41(35)52-42(43)24-27)46-48-44(28-11-3-2-4-12-28)47-45(49-46)29-19-21-34-33-15-7-10-18-39(33)51-40(34)25-29/h3,5-23,25-27,44H,2,4,24H2,1H3,(H,47,48,49). The molecule has 2 atom stereocenters.